The second kappa shape index (κ2) is 5.25. The first kappa shape index (κ1) is 14.5. The van der Waals surface area contributed by atoms with E-state index in [9.17, 15) is 8.42 Å². The molecule has 6 heteroatoms. The minimum atomic E-state index is -3.54. The van der Waals surface area contributed by atoms with Gasteiger partial charge in [0.2, 0.25) is 10.0 Å². The molecule has 1 aliphatic carbocycles. The van der Waals surface area contributed by atoms with Crippen molar-refractivity contribution in [3.63, 3.8) is 0 Å². The van der Waals surface area contributed by atoms with Gasteiger partial charge in [-0.15, -0.1) is 0 Å². The van der Waals surface area contributed by atoms with Gasteiger partial charge in [-0.2, -0.15) is 0 Å². The van der Waals surface area contributed by atoms with Gasteiger partial charge in [0.1, 0.15) is 10.6 Å². The van der Waals surface area contributed by atoms with E-state index in [1.165, 1.54) is 6.42 Å². The maximum atomic E-state index is 12.4. The molecule has 108 valence electrons. The molecule has 2 rings (SSSR count). The molecular formula is C13H22N2O3S. The highest BCUT2D eigenvalue weighted by molar-refractivity contribution is 7.89. The molecular weight excluding hydrogens is 264 g/mol. The molecule has 0 bridgehead atoms. The first-order chi connectivity index (χ1) is 8.83. The van der Waals surface area contributed by atoms with Crippen LogP contribution in [0.5, 0.6) is 0 Å². The Morgan fingerprint density at radius 1 is 1.26 bits per heavy atom. The van der Waals surface area contributed by atoms with Crippen LogP contribution in [0.1, 0.15) is 44.6 Å². The number of nitrogens with zero attached hydrogens (tertiary/aromatic N) is 1. The molecule has 1 aromatic heterocycles. The van der Waals surface area contributed by atoms with Gasteiger partial charge in [-0.3, -0.25) is 0 Å². The summed E-state index contributed by atoms with van der Waals surface area (Å²) in [6.45, 7) is 7.57. The van der Waals surface area contributed by atoms with E-state index in [2.05, 4.69) is 23.7 Å². The predicted molar refractivity (Wildman–Crippen MR) is 72.3 cm³/mol. The van der Waals surface area contributed by atoms with Crippen molar-refractivity contribution in [1.82, 2.24) is 9.88 Å². The summed E-state index contributed by atoms with van der Waals surface area (Å²) in [5.74, 6) is 1.25. The molecule has 0 amide bonds. The van der Waals surface area contributed by atoms with E-state index < -0.39 is 10.0 Å². The highest BCUT2D eigenvalue weighted by Gasteiger charge is 2.33. The van der Waals surface area contributed by atoms with Crippen molar-refractivity contribution in [2.24, 2.45) is 11.8 Å². The zero-order chi connectivity index (χ0) is 14.2. The second-order valence-corrected chi connectivity index (χ2v) is 7.30. The highest BCUT2D eigenvalue weighted by Crippen LogP contribution is 2.31. The van der Waals surface area contributed by atoms with Crippen molar-refractivity contribution in [2.45, 2.75) is 57.9 Å². The Bertz CT molecular complexity index is 531. The van der Waals surface area contributed by atoms with Crippen molar-refractivity contribution < 1.29 is 12.9 Å². The topological polar surface area (TPSA) is 72.2 Å². The number of nitrogens with one attached hydrogen (secondary N) is 1. The van der Waals surface area contributed by atoms with Gasteiger partial charge in [-0.05, 0) is 32.1 Å². The standard InChI is InChI=1S/C13H22N2O3S/c1-8-6-5-7-12(9(8)2)15-19(16,17)13-10(3)14-18-11(13)4/h8-9,12,15H,5-7H2,1-4H3/t8-,9-,12+/m0/s1. The van der Waals surface area contributed by atoms with E-state index in [0.717, 1.165) is 12.8 Å². The number of aromatic nitrogens is 1. The van der Waals surface area contributed by atoms with Crippen LogP contribution in [0.4, 0.5) is 0 Å². The summed E-state index contributed by atoms with van der Waals surface area (Å²) in [7, 11) is -3.54. The zero-order valence-electron chi connectivity index (χ0n) is 11.9. The summed E-state index contributed by atoms with van der Waals surface area (Å²) in [6.07, 6.45) is 3.14. The van der Waals surface area contributed by atoms with Crippen LogP contribution in [0, 0.1) is 25.7 Å². The number of aryl methyl sites for hydroxylation is 2. The van der Waals surface area contributed by atoms with Crippen molar-refractivity contribution in [1.29, 1.82) is 0 Å². The molecule has 19 heavy (non-hydrogen) atoms. The van der Waals surface area contributed by atoms with Crippen LogP contribution < -0.4 is 4.72 Å². The number of hydrogen-bond acceptors (Lipinski definition) is 4. The number of rotatable bonds is 3. The van der Waals surface area contributed by atoms with Crippen LogP contribution in [0.3, 0.4) is 0 Å². The normalized spacial score (nSPS) is 28.5. The van der Waals surface area contributed by atoms with Crippen LogP contribution in [0.25, 0.3) is 0 Å². The van der Waals surface area contributed by atoms with E-state index in [1.54, 1.807) is 13.8 Å². The summed E-state index contributed by atoms with van der Waals surface area (Å²) in [4.78, 5) is 0.193. The van der Waals surface area contributed by atoms with E-state index in [4.69, 9.17) is 4.52 Å². The lowest BCUT2D eigenvalue weighted by molar-refractivity contribution is 0.227. The van der Waals surface area contributed by atoms with E-state index in [-0.39, 0.29) is 10.9 Å². The molecule has 0 radical (unpaired) electrons. The molecule has 1 heterocycles. The lowest BCUT2D eigenvalue weighted by atomic mass is 9.78. The SMILES string of the molecule is Cc1noc(C)c1S(=O)(=O)N[C@@H]1CCC[C@H](C)[C@@H]1C. The Labute approximate surface area is 114 Å². The monoisotopic (exact) mass is 286 g/mol. The third-order valence-corrected chi connectivity index (χ3v) is 5.98. The molecule has 1 fully saturated rings. The van der Waals surface area contributed by atoms with Gasteiger partial charge >= 0.3 is 0 Å². The summed E-state index contributed by atoms with van der Waals surface area (Å²) < 4.78 is 32.7. The Balaban J connectivity index is 2.22. The Morgan fingerprint density at radius 3 is 2.53 bits per heavy atom. The first-order valence-electron chi connectivity index (χ1n) is 6.78. The van der Waals surface area contributed by atoms with E-state index in [0.29, 0.717) is 23.3 Å². The third kappa shape index (κ3) is 2.84. The van der Waals surface area contributed by atoms with Crippen molar-refractivity contribution in [3.05, 3.63) is 11.5 Å². The van der Waals surface area contributed by atoms with Gasteiger partial charge in [0.25, 0.3) is 0 Å². The maximum Gasteiger partial charge on any atom is 0.246 e. The predicted octanol–water partition coefficient (Wildman–Crippen LogP) is 2.39. The minimum absolute atomic E-state index is 0.00227. The van der Waals surface area contributed by atoms with Gasteiger partial charge in [0.15, 0.2) is 5.76 Å². The molecule has 0 aromatic carbocycles. The Hall–Kier alpha value is -0.880. The minimum Gasteiger partial charge on any atom is -0.360 e. The van der Waals surface area contributed by atoms with Gasteiger partial charge < -0.3 is 4.52 Å². The van der Waals surface area contributed by atoms with Gasteiger partial charge in [-0.25, -0.2) is 13.1 Å². The largest absolute Gasteiger partial charge is 0.360 e. The summed E-state index contributed by atoms with van der Waals surface area (Å²) in [6, 6.07) is 0.00227. The maximum absolute atomic E-state index is 12.4. The molecule has 1 N–H and O–H groups in total. The van der Waals surface area contributed by atoms with E-state index >= 15 is 0 Å². The fourth-order valence-corrected chi connectivity index (χ4v) is 4.56. The quantitative estimate of drug-likeness (QED) is 0.926. The van der Waals surface area contributed by atoms with Crippen LogP contribution >= 0.6 is 0 Å². The molecule has 0 saturated heterocycles. The van der Waals surface area contributed by atoms with Crippen molar-refractivity contribution in [3.8, 4) is 0 Å². The second-order valence-electron chi connectivity index (χ2n) is 5.65. The van der Waals surface area contributed by atoms with Crippen LogP contribution in [0.15, 0.2) is 9.42 Å². The molecule has 1 aliphatic rings. The average Bonchev–Trinajstić information content (AvgIpc) is 2.65. The number of hydrogen-bond donors (Lipinski definition) is 1. The molecule has 0 unspecified atom stereocenters. The molecule has 1 aromatic rings. The fourth-order valence-electron chi connectivity index (χ4n) is 2.86. The van der Waals surface area contributed by atoms with Gasteiger partial charge in [0.05, 0.1) is 0 Å². The molecule has 5 nitrogen and oxygen atoms in total. The summed E-state index contributed by atoms with van der Waals surface area (Å²) >= 11 is 0. The fraction of sp³-hybridized carbons (Fsp3) is 0.769. The number of sulfonamides is 1. The van der Waals surface area contributed by atoms with Crippen LogP contribution in [0.2, 0.25) is 0 Å². The van der Waals surface area contributed by atoms with E-state index in [1.807, 2.05) is 0 Å². The summed E-state index contributed by atoms with van der Waals surface area (Å²) in [5, 5.41) is 3.72. The molecule has 3 atom stereocenters. The van der Waals surface area contributed by atoms with Gasteiger partial charge in [0, 0.05) is 6.04 Å². The summed E-state index contributed by atoms with van der Waals surface area (Å²) in [5.41, 5.74) is 0.418. The smallest absolute Gasteiger partial charge is 0.246 e. The van der Waals surface area contributed by atoms with Crippen LogP contribution in [-0.4, -0.2) is 19.6 Å². The Kier molecular flexibility index (Phi) is 4.01. The van der Waals surface area contributed by atoms with Gasteiger partial charge in [-0.1, -0.05) is 31.8 Å². The third-order valence-electron chi connectivity index (χ3n) is 4.25. The first-order valence-corrected chi connectivity index (χ1v) is 8.26. The van der Waals surface area contributed by atoms with Crippen LogP contribution in [-0.2, 0) is 10.0 Å². The molecule has 0 spiro atoms. The Morgan fingerprint density at radius 2 is 1.95 bits per heavy atom. The average molecular weight is 286 g/mol. The highest BCUT2D eigenvalue weighted by atomic mass is 32.2. The van der Waals surface area contributed by atoms with Crippen molar-refractivity contribution >= 4 is 10.0 Å². The zero-order valence-corrected chi connectivity index (χ0v) is 12.8. The lowest BCUT2D eigenvalue weighted by Gasteiger charge is -2.34. The lowest BCUT2D eigenvalue weighted by Crippen LogP contribution is -2.43. The van der Waals surface area contributed by atoms with Crippen molar-refractivity contribution in [2.75, 3.05) is 0 Å². The molecule has 0 aliphatic heterocycles. The molecule has 1 saturated carbocycles.